The first-order valence-electron chi connectivity index (χ1n) is 7.64. The third-order valence-corrected chi connectivity index (χ3v) is 6.64. The summed E-state index contributed by atoms with van der Waals surface area (Å²) >= 11 is 0. The van der Waals surface area contributed by atoms with Gasteiger partial charge in [-0.05, 0) is 30.7 Å². The molecule has 2 aromatic carbocycles. The molecule has 0 saturated carbocycles. The Labute approximate surface area is 129 Å². The lowest BCUT2D eigenvalue weighted by molar-refractivity contribution is 0.873. The highest BCUT2D eigenvalue weighted by molar-refractivity contribution is 6.82. The molecule has 0 unspecified atom stereocenters. The Morgan fingerprint density at radius 3 is 1.81 bits per heavy atom. The number of rotatable bonds is 7. The molecule has 2 heteroatoms. The first-order valence-corrected chi connectivity index (χ1v) is 10.9. The van der Waals surface area contributed by atoms with Gasteiger partial charge in [-0.15, -0.1) is 12.3 Å². The minimum absolute atomic E-state index is 1.05. The zero-order valence-corrected chi connectivity index (χ0v) is 14.1. The van der Waals surface area contributed by atoms with Crippen LogP contribution >= 0.6 is 0 Å². The average molecular weight is 296 g/mol. The first kappa shape index (κ1) is 15.6. The summed E-state index contributed by atoms with van der Waals surface area (Å²) in [5, 5.41) is 0. The van der Waals surface area contributed by atoms with Crippen LogP contribution in [-0.4, -0.2) is 14.6 Å². The predicted molar refractivity (Wildman–Crippen MR) is 97.0 cm³/mol. The zero-order chi connectivity index (χ0) is 15.1. The zero-order valence-electron chi connectivity index (χ0n) is 13.1. The van der Waals surface area contributed by atoms with Gasteiger partial charge < -0.3 is 4.90 Å². The van der Waals surface area contributed by atoms with Crippen molar-refractivity contribution in [1.82, 2.24) is 0 Å². The lowest BCUT2D eigenvalue weighted by Gasteiger charge is -2.26. The van der Waals surface area contributed by atoms with Gasteiger partial charge in [0.2, 0.25) is 0 Å². The SMILES string of the molecule is C=C[Si](C)(C)CCCN(c1ccccc1)c1ccccc1. The van der Waals surface area contributed by atoms with Gasteiger partial charge in [0.1, 0.15) is 0 Å². The fraction of sp³-hybridized carbons (Fsp3) is 0.263. The van der Waals surface area contributed by atoms with Crippen molar-refractivity contribution >= 4 is 19.4 Å². The van der Waals surface area contributed by atoms with E-state index in [0.717, 1.165) is 6.54 Å². The quantitative estimate of drug-likeness (QED) is 0.597. The van der Waals surface area contributed by atoms with Gasteiger partial charge in [0.15, 0.2) is 0 Å². The van der Waals surface area contributed by atoms with Crippen molar-refractivity contribution < 1.29 is 0 Å². The largest absolute Gasteiger partial charge is 0.342 e. The molecule has 0 aliphatic carbocycles. The molecular formula is C19H25NSi. The summed E-state index contributed by atoms with van der Waals surface area (Å²) in [6.07, 6.45) is 1.20. The van der Waals surface area contributed by atoms with E-state index in [2.05, 4.69) is 90.9 Å². The highest BCUT2D eigenvalue weighted by Gasteiger charge is 2.16. The number of para-hydroxylation sites is 2. The summed E-state index contributed by atoms with van der Waals surface area (Å²) in [4.78, 5) is 2.41. The maximum Gasteiger partial charge on any atom is 0.0710 e. The molecule has 0 saturated heterocycles. The predicted octanol–water partition coefficient (Wildman–Crippen LogP) is 5.65. The van der Waals surface area contributed by atoms with Gasteiger partial charge >= 0.3 is 0 Å². The third kappa shape index (κ3) is 4.61. The molecule has 0 bridgehead atoms. The summed E-state index contributed by atoms with van der Waals surface area (Å²) in [6, 6.07) is 22.6. The van der Waals surface area contributed by atoms with Crippen molar-refractivity contribution in [2.45, 2.75) is 25.6 Å². The van der Waals surface area contributed by atoms with Crippen LogP contribution in [0, 0.1) is 0 Å². The van der Waals surface area contributed by atoms with Crippen molar-refractivity contribution in [2.75, 3.05) is 11.4 Å². The molecule has 0 heterocycles. The summed E-state index contributed by atoms with van der Waals surface area (Å²) in [7, 11) is -1.21. The van der Waals surface area contributed by atoms with Gasteiger partial charge in [-0.25, -0.2) is 0 Å². The van der Waals surface area contributed by atoms with E-state index in [9.17, 15) is 0 Å². The minimum Gasteiger partial charge on any atom is -0.342 e. The molecule has 110 valence electrons. The summed E-state index contributed by atoms with van der Waals surface area (Å²) in [5.41, 5.74) is 4.73. The van der Waals surface area contributed by atoms with Crippen molar-refractivity contribution in [3.63, 3.8) is 0 Å². The smallest absolute Gasteiger partial charge is 0.0710 e. The van der Waals surface area contributed by atoms with Crippen LogP contribution in [0.3, 0.4) is 0 Å². The average Bonchev–Trinajstić information content (AvgIpc) is 2.53. The highest BCUT2D eigenvalue weighted by Crippen LogP contribution is 2.26. The van der Waals surface area contributed by atoms with E-state index in [1.54, 1.807) is 0 Å². The van der Waals surface area contributed by atoms with Crippen molar-refractivity contribution in [1.29, 1.82) is 0 Å². The Hall–Kier alpha value is -1.80. The number of hydrogen-bond donors (Lipinski definition) is 0. The van der Waals surface area contributed by atoms with Crippen LogP contribution in [0.25, 0.3) is 0 Å². The first-order chi connectivity index (χ1) is 10.1. The van der Waals surface area contributed by atoms with Crippen LogP contribution in [0.1, 0.15) is 6.42 Å². The molecule has 0 radical (unpaired) electrons. The maximum absolute atomic E-state index is 3.99. The number of hydrogen-bond acceptors (Lipinski definition) is 1. The number of nitrogens with zero attached hydrogens (tertiary/aromatic N) is 1. The second kappa shape index (κ2) is 7.28. The lowest BCUT2D eigenvalue weighted by atomic mass is 10.2. The molecular weight excluding hydrogens is 270 g/mol. The van der Waals surface area contributed by atoms with Crippen molar-refractivity contribution in [3.8, 4) is 0 Å². The lowest BCUT2D eigenvalue weighted by Crippen LogP contribution is -2.25. The van der Waals surface area contributed by atoms with Gasteiger partial charge in [0, 0.05) is 17.9 Å². The Kier molecular flexibility index (Phi) is 5.40. The Bertz CT molecular complexity index is 509. The van der Waals surface area contributed by atoms with E-state index >= 15 is 0 Å². The molecule has 0 amide bonds. The van der Waals surface area contributed by atoms with E-state index in [0.29, 0.717) is 0 Å². The topological polar surface area (TPSA) is 3.24 Å². The monoisotopic (exact) mass is 295 g/mol. The number of benzene rings is 2. The van der Waals surface area contributed by atoms with Crippen LogP contribution in [0.15, 0.2) is 72.9 Å². The van der Waals surface area contributed by atoms with E-state index in [1.807, 2.05) is 0 Å². The standard InChI is InChI=1S/C19H25NSi/c1-4-21(2,3)17-11-16-20(18-12-7-5-8-13-18)19-14-9-6-10-15-19/h4-10,12-15H,1,11,16-17H2,2-3H3. The summed E-state index contributed by atoms with van der Waals surface area (Å²) in [6.45, 7) is 9.82. The van der Waals surface area contributed by atoms with Gasteiger partial charge in [0.05, 0.1) is 8.07 Å². The van der Waals surface area contributed by atoms with Gasteiger partial charge in [-0.3, -0.25) is 0 Å². The Morgan fingerprint density at radius 2 is 1.38 bits per heavy atom. The second-order valence-electron chi connectivity index (χ2n) is 6.12. The fourth-order valence-corrected chi connectivity index (χ4v) is 3.69. The molecule has 21 heavy (non-hydrogen) atoms. The Balaban J connectivity index is 2.12. The van der Waals surface area contributed by atoms with E-state index < -0.39 is 8.07 Å². The van der Waals surface area contributed by atoms with Crippen LogP contribution in [0.4, 0.5) is 11.4 Å². The van der Waals surface area contributed by atoms with Crippen molar-refractivity contribution in [3.05, 3.63) is 72.9 Å². The van der Waals surface area contributed by atoms with Gasteiger partial charge in [0.25, 0.3) is 0 Å². The highest BCUT2D eigenvalue weighted by atomic mass is 28.3. The normalized spacial score (nSPS) is 11.1. The van der Waals surface area contributed by atoms with Gasteiger partial charge in [-0.2, -0.15) is 0 Å². The van der Waals surface area contributed by atoms with Gasteiger partial charge in [-0.1, -0.05) is 55.5 Å². The summed E-state index contributed by atoms with van der Waals surface area (Å²) < 4.78 is 0. The fourth-order valence-electron chi connectivity index (χ4n) is 2.42. The minimum atomic E-state index is -1.21. The number of anilines is 2. The van der Waals surface area contributed by atoms with Crippen LogP contribution in [0.2, 0.25) is 19.1 Å². The molecule has 2 aromatic rings. The van der Waals surface area contributed by atoms with E-state index in [4.69, 9.17) is 0 Å². The van der Waals surface area contributed by atoms with Crippen molar-refractivity contribution in [2.24, 2.45) is 0 Å². The molecule has 0 N–H and O–H groups in total. The Morgan fingerprint density at radius 1 is 0.905 bits per heavy atom. The molecule has 1 nitrogen and oxygen atoms in total. The molecule has 0 aromatic heterocycles. The maximum atomic E-state index is 3.99. The molecule has 0 aliphatic heterocycles. The van der Waals surface area contributed by atoms with E-state index in [1.165, 1.54) is 23.8 Å². The molecule has 0 fully saturated rings. The molecule has 2 rings (SSSR count). The molecule has 0 aliphatic rings. The van der Waals surface area contributed by atoms with Crippen LogP contribution in [-0.2, 0) is 0 Å². The van der Waals surface area contributed by atoms with E-state index in [-0.39, 0.29) is 0 Å². The van der Waals surface area contributed by atoms with Crippen LogP contribution in [0.5, 0.6) is 0 Å². The molecule has 0 atom stereocenters. The molecule has 0 spiro atoms. The summed E-state index contributed by atoms with van der Waals surface area (Å²) in [5.74, 6) is 0. The third-order valence-electron chi connectivity index (χ3n) is 3.89. The second-order valence-corrected chi connectivity index (χ2v) is 11.0. The van der Waals surface area contributed by atoms with Crippen LogP contribution < -0.4 is 4.90 Å².